The summed E-state index contributed by atoms with van der Waals surface area (Å²) < 4.78 is 10.3. The Bertz CT molecular complexity index is 499. The minimum Gasteiger partial charge on any atom is -0.463 e. The lowest BCUT2D eigenvalue weighted by molar-refractivity contribution is 0.0978. The molecule has 2 aromatic heterocycles. The van der Waals surface area contributed by atoms with Gasteiger partial charge in [0.2, 0.25) is 0 Å². The molecule has 2 aromatic rings. The first kappa shape index (κ1) is 8.43. The maximum absolute atomic E-state index is 11.7. The number of hydrogen-bond donors (Lipinski definition) is 1. The Labute approximate surface area is 85.0 Å². The molecule has 5 heteroatoms. The van der Waals surface area contributed by atoms with Crippen molar-refractivity contribution >= 4 is 5.78 Å². The molecule has 0 aromatic carbocycles. The van der Waals surface area contributed by atoms with Crippen molar-refractivity contribution in [2.45, 2.75) is 6.54 Å². The lowest BCUT2D eigenvalue weighted by Gasteiger charge is -2.08. The number of rotatable bonds is 1. The van der Waals surface area contributed by atoms with E-state index in [-0.39, 0.29) is 5.78 Å². The summed E-state index contributed by atoms with van der Waals surface area (Å²) in [6.45, 7) is 0.858. The maximum atomic E-state index is 11.7. The van der Waals surface area contributed by atoms with Crippen LogP contribution in [0.3, 0.4) is 0 Å². The van der Waals surface area contributed by atoms with Gasteiger partial charge in [-0.1, -0.05) is 5.16 Å². The average molecular weight is 204 g/mol. The number of carbonyl (C=O) groups is 1. The predicted molar refractivity (Wildman–Crippen MR) is 50.2 cm³/mol. The quantitative estimate of drug-likeness (QED) is 0.756. The lowest BCUT2D eigenvalue weighted by Crippen LogP contribution is -2.28. The predicted octanol–water partition coefficient (Wildman–Crippen LogP) is 1.22. The Hall–Kier alpha value is -1.88. The highest BCUT2D eigenvalue weighted by molar-refractivity contribution is 6.03. The summed E-state index contributed by atoms with van der Waals surface area (Å²) in [6, 6.07) is 3.51. The van der Waals surface area contributed by atoms with Crippen molar-refractivity contribution in [3.8, 4) is 11.5 Å². The van der Waals surface area contributed by atoms with Crippen molar-refractivity contribution in [2.75, 3.05) is 6.54 Å². The molecule has 76 valence electrons. The van der Waals surface area contributed by atoms with Gasteiger partial charge in [0.25, 0.3) is 0 Å². The van der Waals surface area contributed by atoms with E-state index in [0.717, 1.165) is 0 Å². The van der Waals surface area contributed by atoms with E-state index in [1.807, 2.05) is 0 Å². The zero-order chi connectivity index (χ0) is 10.3. The topological polar surface area (TPSA) is 68.3 Å². The zero-order valence-electron chi connectivity index (χ0n) is 7.82. The molecular weight excluding hydrogens is 196 g/mol. The number of nitrogens with zero attached hydrogens (tertiary/aromatic N) is 1. The van der Waals surface area contributed by atoms with E-state index >= 15 is 0 Å². The molecule has 0 atom stereocenters. The number of ketones is 1. The molecule has 0 aliphatic carbocycles. The number of nitrogens with one attached hydrogen (secondary N) is 1. The Morgan fingerprint density at radius 1 is 1.40 bits per heavy atom. The van der Waals surface area contributed by atoms with Crippen molar-refractivity contribution < 1.29 is 13.7 Å². The third-order valence-corrected chi connectivity index (χ3v) is 2.37. The van der Waals surface area contributed by atoms with Crippen molar-refractivity contribution in [2.24, 2.45) is 0 Å². The third-order valence-electron chi connectivity index (χ3n) is 2.37. The van der Waals surface area contributed by atoms with Crippen LogP contribution in [0.25, 0.3) is 11.5 Å². The van der Waals surface area contributed by atoms with Crippen LogP contribution in [0.4, 0.5) is 0 Å². The van der Waals surface area contributed by atoms with Crippen LogP contribution in [0.15, 0.2) is 27.3 Å². The van der Waals surface area contributed by atoms with Gasteiger partial charge in [-0.25, -0.2) is 0 Å². The highest BCUT2D eigenvalue weighted by Gasteiger charge is 2.27. The van der Waals surface area contributed by atoms with Crippen molar-refractivity contribution in [1.82, 2.24) is 10.5 Å². The van der Waals surface area contributed by atoms with Crippen LogP contribution < -0.4 is 5.32 Å². The fraction of sp³-hybridized carbons (Fsp3) is 0.200. The summed E-state index contributed by atoms with van der Waals surface area (Å²) in [7, 11) is 0. The van der Waals surface area contributed by atoms with E-state index < -0.39 is 0 Å². The van der Waals surface area contributed by atoms with Crippen molar-refractivity contribution in [1.29, 1.82) is 0 Å². The largest absolute Gasteiger partial charge is 0.463 e. The second-order valence-corrected chi connectivity index (χ2v) is 3.33. The van der Waals surface area contributed by atoms with Crippen molar-refractivity contribution in [3.63, 3.8) is 0 Å². The van der Waals surface area contributed by atoms with E-state index in [0.29, 0.717) is 35.9 Å². The molecule has 3 rings (SSSR count). The van der Waals surface area contributed by atoms with Gasteiger partial charge in [-0.3, -0.25) is 4.79 Å². The number of furan rings is 1. The normalized spacial score (nSPS) is 15.3. The molecular formula is C10H8N2O3. The first-order valence-corrected chi connectivity index (χ1v) is 4.62. The molecule has 1 N–H and O–H groups in total. The highest BCUT2D eigenvalue weighted by atomic mass is 16.5. The molecule has 0 saturated carbocycles. The number of hydrogen-bond acceptors (Lipinski definition) is 5. The van der Waals surface area contributed by atoms with E-state index in [2.05, 4.69) is 10.5 Å². The second-order valence-electron chi connectivity index (χ2n) is 3.33. The molecule has 0 spiro atoms. The Kier molecular flexibility index (Phi) is 1.72. The molecule has 5 nitrogen and oxygen atoms in total. The number of Topliss-reactive ketones (excluding diaryl/α,β-unsaturated/α-hetero) is 1. The highest BCUT2D eigenvalue weighted by Crippen LogP contribution is 2.27. The van der Waals surface area contributed by atoms with Gasteiger partial charge in [0.05, 0.1) is 24.9 Å². The van der Waals surface area contributed by atoms with Gasteiger partial charge in [-0.15, -0.1) is 0 Å². The fourth-order valence-electron chi connectivity index (χ4n) is 1.69. The van der Waals surface area contributed by atoms with Crippen LogP contribution in [0, 0.1) is 0 Å². The average Bonchev–Trinajstić information content (AvgIpc) is 2.85. The van der Waals surface area contributed by atoms with Gasteiger partial charge < -0.3 is 14.3 Å². The summed E-state index contributed by atoms with van der Waals surface area (Å²) in [5, 5.41) is 6.80. The molecule has 15 heavy (non-hydrogen) atoms. The van der Waals surface area contributed by atoms with E-state index in [9.17, 15) is 4.79 Å². The Morgan fingerprint density at radius 3 is 3.13 bits per heavy atom. The summed E-state index contributed by atoms with van der Waals surface area (Å²) in [6.07, 6.45) is 1.54. The van der Waals surface area contributed by atoms with Crippen LogP contribution in [0.5, 0.6) is 0 Å². The SMILES string of the molecule is O=C1CNCc2onc(-c3ccco3)c21. The summed E-state index contributed by atoms with van der Waals surface area (Å²) in [4.78, 5) is 11.7. The van der Waals surface area contributed by atoms with Gasteiger partial charge in [0.15, 0.2) is 23.0 Å². The van der Waals surface area contributed by atoms with Gasteiger partial charge in [-0.05, 0) is 12.1 Å². The molecule has 0 amide bonds. The van der Waals surface area contributed by atoms with Gasteiger partial charge in [-0.2, -0.15) is 0 Å². The minimum atomic E-state index is -0.0103. The van der Waals surface area contributed by atoms with Crippen LogP contribution in [-0.4, -0.2) is 17.5 Å². The molecule has 0 fully saturated rings. The fourth-order valence-corrected chi connectivity index (χ4v) is 1.69. The monoisotopic (exact) mass is 204 g/mol. The first-order valence-electron chi connectivity index (χ1n) is 4.62. The molecule has 0 saturated heterocycles. The van der Waals surface area contributed by atoms with Crippen molar-refractivity contribution in [3.05, 3.63) is 29.7 Å². The summed E-state index contributed by atoms with van der Waals surface area (Å²) in [5.41, 5.74) is 1.05. The van der Waals surface area contributed by atoms with Crippen LogP contribution in [0.1, 0.15) is 16.1 Å². The van der Waals surface area contributed by atoms with Gasteiger partial charge in [0, 0.05) is 0 Å². The zero-order valence-corrected chi connectivity index (χ0v) is 7.82. The first-order chi connectivity index (χ1) is 7.36. The number of fused-ring (bicyclic) bond motifs is 1. The molecule has 0 unspecified atom stereocenters. The van der Waals surface area contributed by atoms with Gasteiger partial charge in [0.1, 0.15) is 0 Å². The smallest absolute Gasteiger partial charge is 0.182 e. The summed E-state index contributed by atoms with van der Waals surface area (Å²) >= 11 is 0. The van der Waals surface area contributed by atoms with E-state index in [1.54, 1.807) is 18.4 Å². The molecule has 1 aliphatic heterocycles. The van der Waals surface area contributed by atoms with Gasteiger partial charge >= 0.3 is 0 Å². The Balaban J connectivity index is 2.18. The molecule has 0 radical (unpaired) electrons. The molecule has 0 bridgehead atoms. The summed E-state index contributed by atoms with van der Waals surface area (Å²) in [5.74, 6) is 1.14. The van der Waals surface area contributed by atoms with Crippen LogP contribution in [0.2, 0.25) is 0 Å². The molecule has 1 aliphatic rings. The third kappa shape index (κ3) is 1.20. The molecule has 3 heterocycles. The second kappa shape index (κ2) is 3.06. The van der Waals surface area contributed by atoms with E-state index in [4.69, 9.17) is 8.94 Å². The van der Waals surface area contributed by atoms with Crippen LogP contribution in [-0.2, 0) is 6.54 Å². The van der Waals surface area contributed by atoms with Crippen LogP contribution >= 0.6 is 0 Å². The Morgan fingerprint density at radius 2 is 2.33 bits per heavy atom. The lowest BCUT2D eigenvalue weighted by atomic mass is 10.0. The van der Waals surface area contributed by atoms with E-state index in [1.165, 1.54) is 0 Å². The minimum absolute atomic E-state index is 0.0103. The maximum Gasteiger partial charge on any atom is 0.182 e. The number of carbonyl (C=O) groups excluding carboxylic acids is 1. The standard InChI is InChI=1S/C10H8N2O3/c13-6-4-11-5-8-9(6)10(12-15-8)7-2-1-3-14-7/h1-3,11H,4-5H2. The number of aromatic nitrogens is 1.